The molecule has 0 atom stereocenters. The molecule has 1 aromatic rings. The predicted octanol–water partition coefficient (Wildman–Crippen LogP) is 1.39. The van der Waals surface area contributed by atoms with Crippen LogP contribution in [-0.2, 0) is 10.0 Å². The second kappa shape index (κ2) is 4.14. The van der Waals surface area contributed by atoms with Crippen LogP contribution in [0.4, 0.5) is 0 Å². The van der Waals surface area contributed by atoms with Crippen LogP contribution < -0.4 is 4.72 Å². The number of aromatic nitrogens is 1. The Kier molecular flexibility index (Phi) is 2.99. The Bertz CT molecular complexity index is 472. The molecule has 1 heterocycles. The molecule has 5 heteroatoms. The molecule has 0 saturated heterocycles. The van der Waals surface area contributed by atoms with Crippen molar-refractivity contribution in [2.75, 3.05) is 6.54 Å². The van der Waals surface area contributed by atoms with Gasteiger partial charge >= 0.3 is 0 Å². The minimum atomic E-state index is -3.35. The van der Waals surface area contributed by atoms with Gasteiger partial charge in [-0.05, 0) is 44.7 Å². The highest BCUT2D eigenvalue weighted by molar-refractivity contribution is 7.89. The van der Waals surface area contributed by atoms with Gasteiger partial charge in [-0.2, -0.15) is 0 Å². The molecule has 1 aromatic heterocycles. The molecule has 2 rings (SSSR count). The fourth-order valence-electron chi connectivity index (χ4n) is 1.58. The van der Waals surface area contributed by atoms with E-state index in [4.69, 9.17) is 0 Å². The SMILES string of the molecule is Cc1cc(S(=O)(=O)NCC2CC2)cc(C)n1. The van der Waals surface area contributed by atoms with Gasteiger partial charge in [0, 0.05) is 17.9 Å². The van der Waals surface area contributed by atoms with Crippen LogP contribution in [0.3, 0.4) is 0 Å². The van der Waals surface area contributed by atoms with E-state index < -0.39 is 10.0 Å². The average molecular weight is 240 g/mol. The molecular weight excluding hydrogens is 224 g/mol. The maximum atomic E-state index is 11.9. The monoisotopic (exact) mass is 240 g/mol. The summed E-state index contributed by atoms with van der Waals surface area (Å²) in [6, 6.07) is 3.20. The maximum absolute atomic E-state index is 11.9. The van der Waals surface area contributed by atoms with Crippen molar-refractivity contribution >= 4 is 10.0 Å². The molecule has 0 spiro atoms. The summed E-state index contributed by atoms with van der Waals surface area (Å²) in [4.78, 5) is 4.48. The lowest BCUT2D eigenvalue weighted by molar-refractivity contribution is 0.577. The summed E-state index contributed by atoms with van der Waals surface area (Å²) in [5.41, 5.74) is 1.46. The van der Waals surface area contributed by atoms with E-state index in [1.54, 1.807) is 26.0 Å². The summed E-state index contributed by atoms with van der Waals surface area (Å²) in [7, 11) is -3.35. The van der Waals surface area contributed by atoms with E-state index in [1.807, 2.05) is 0 Å². The van der Waals surface area contributed by atoms with Crippen molar-refractivity contribution < 1.29 is 8.42 Å². The molecule has 4 nitrogen and oxygen atoms in total. The number of aryl methyl sites for hydroxylation is 2. The fraction of sp³-hybridized carbons (Fsp3) is 0.545. The second-order valence-corrected chi connectivity index (χ2v) is 6.15. The molecule has 0 bridgehead atoms. The minimum Gasteiger partial charge on any atom is -0.258 e. The fourth-order valence-corrected chi connectivity index (χ4v) is 2.86. The van der Waals surface area contributed by atoms with Crippen molar-refractivity contribution in [1.29, 1.82) is 0 Å². The topological polar surface area (TPSA) is 59.1 Å². The third-order valence-corrected chi connectivity index (χ3v) is 4.03. The maximum Gasteiger partial charge on any atom is 0.240 e. The van der Waals surface area contributed by atoms with Crippen LogP contribution in [0.5, 0.6) is 0 Å². The standard InChI is InChI=1S/C11H16N2O2S/c1-8-5-11(6-9(2)13-8)16(14,15)12-7-10-3-4-10/h5-6,10,12H,3-4,7H2,1-2H3. The third-order valence-electron chi connectivity index (χ3n) is 2.62. The first kappa shape index (κ1) is 11.5. The van der Waals surface area contributed by atoms with Crippen LogP contribution in [0.25, 0.3) is 0 Å². The lowest BCUT2D eigenvalue weighted by Gasteiger charge is -2.07. The quantitative estimate of drug-likeness (QED) is 0.865. The highest BCUT2D eigenvalue weighted by Gasteiger charge is 2.24. The summed E-state index contributed by atoms with van der Waals surface area (Å²) in [6.07, 6.45) is 2.27. The van der Waals surface area contributed by atoms with Crippen LogP contribution in [0.1, 0.15) is 24.2 Å². The van der Waals surface area contributed by atoms with Crippen molar-refractivity contribution in [3.8, 4) is 0 Å². The van der Waals surface area contributed by atoms with Crippen LogP contribution >= 0.6 is 0 Å². The van der Waals surface area contributed by atoms with Crippen molar-refractivity contribution in [3.63, 3.8) is 0 Å². The second-order valence-electron chi connectivity index (χ2n) is 4.38. The number of sulfonamides is 1. The van der Waals surface area contributed by atoms with Gasteiger partial charge in [-0.3, -0.25) is 4.98 Å². The molecule has 1 N–H and O–H groups in total. The van der Waals surface area contributed by atoms with Crippen LogP contribution in [-0.4, -0.2) is 19.9 Å². The molecule has 16 heavy (non-hydrogen) atoms. The van der Waals surface area contributed by atoms with Crippen molar-refractivity contribution in [2.45, 2.75) is 31.6 Å². The molecule has 0 amide bonds. The van der Waals surface area contributed by atoms with E-state index in [0.717, 1.165) is 24.2 Å². The van der Waals surface area contributed by atoms with Crippen LogP contribution in [0, 0.1) is 19.8 Å². The van der Waals surface area contributed by atoms with Crippen molar-refractivity contribution in [1.82, 2.24) is 9.71 Å². The van der Waals surface area contributed by atoms with Crippen molar-refractivity contribution in [3.05, 3.63) is 23.5 Å². The number of hydrogen-bond acceptors (Lipinski definition) is 3. The summed E-state index contributed by atoms with van der Waals surface area (Å²) >= 11 is 0. The number of pyridine rings is 1. The summed E-state index contributed by atoms with van der Waals surface area (Å²) in [5, 5.41) is 0. The van der Waals surface area contributed by atoms with Gasteiger partial charge in [0.1, 0.15) is 0 Å². The molecule has 1 aliphatic carbocycles. The number of nitrogens with zero attached hydrogens (tertiary/aromatic N) is 1. The molecule has 0 radical (unpaired) electrons. The number of hydrogen-bond donors (Lipinski definition) is 1. The third kappa shape index (κ3) is 2.80. The zero-order chi connectivity index (χ0) is 11.8. The number of nitrogens with one attached hydrogen (secondary N) is 1. The van der Waals surface area contributed by atoms with E-state index in [1.165, 1.54) is 0 Å². The van der Waals surface area contributed by atoms with E-state index in [9.17, 15) is 8.42 Å². The lowest BCUT2D eigenvalue weighted by atomic mass is 10.3. The molecule has 0 aliphatic heterocycles. The van der Waals surface area contributed by atoms with Gasteiger partial charge in [-0.15, -0.1) is 0 Å². The van der Waals surface area contributed by atoms with Crippen LogP contribution in [0.15, 0.2) is 17.0 Å². The van der Waals surface area contributed by atoms with Gasteiger partial charge < -0.3 is 0 Å². The summed E-state index contributed by atoms with van der Waals surface area (Å²) in [6.45, 7) is 4.16. The first-order chi connectivity index (χ1) is 7.47. The summed E-state index contributed by atoms with van der Waals surface area (Å²) < 4.78 is 26.5. The number of rotatable bonds is 4. The Morgan fingerprint density at radius 3 is 2.38 bits per heavy atom. The molecule has 0 aromatic carbocycles. The first-order valence-corrected chi connectivity index (χ1v) is 6.90. The van der Waals surface area contributed by atoms with Gasteiger partial charge in [0.15, 0.2) is 0 Å². The average Bonchev–Trinajstić information content (AvgIpc) is 2.96. The van der Waals surface area contributed by atoms with E-state index in [0.29, 0.717) is 17.4 Å². The van der Waals surface area contributed by atoms with Crippen LogP contribution in [0.2, 0.25) is 0 Å². The Labute approximate surface area is 96.1 Å². The highest BCUT2D eigenvalue weighted by atomic mass is 32.2. The molecular formula is C11H16N2O2S. The molecule has 88 valence electrons. The zero-order valence-electron chi connectivity index (χ0n) is 9.53. The lowest BCUT2D eigenvalue weighted by Crippen LogP contribution is -2.26. The van der Waals surface area contributed by atoms with Gasteiger partial charge in [0.2, 0.25) is 10.0 Å². The Balaban J connectivity index is 2.19. The van der Waals surface area contributed by atoms with Gasteiger partial charge in [-0.25, -0.2) is 13.1 Å². The molecule has 1 aliphatic rings. The Hall–Kier alpha value is -0.940. The zero-order valence-corrected chi connectivity index (χ0v) is 10.3. The Morgan fingerprint density at radius 2 is 1.88 bits per heavy atom. The van der Waals surface area contributed by atoms with Gasteiger partial charge in [-0.1, -0.05) is 0 Å². The van der Waals surface area contributed by atoms with E-state index in [2.05, 4.69) is 9.71 Å². The van der Waals surface area contributed by atoms with Gasteiger partial charge in [0.25, 0.3) is 0 Å². The molecule has 1 saturated carbocycles. The Morgan fingerprint density at radius 1 is 1.31 bits per heavy atom. The van der Waals surface area contributed by atoms with E-state index >= 15 is 0 Å². The predicted molar refractivity (Wildman–Crippen MR) is 61.6 cm³/mol. The van der Waals surface area contributed by atoms with Gasteiger partial charge in [0.05, 0.1) is 4.90 Å². The minimum absolute atomic E-state index is 0.318. The van der Waals surface area contributed by atoms with Crippen molar-refractivity contribution in [2.24, 2.45) is 5.92 Å². The summed E-state index contributed by atoms with van der Waals surface area (Å²) in [5.74, 6) is 0.541. The largest absolute Gasteiger partial charge is 0.258 e. The highest BCUT2D eigenvalue weighted by Crippen LogP contribution is 2.28. The first-order valence-electron chi connectivity index (χ1n) is 5.42. The molecule has 1 fully saturated rings. The normalized spacial score (nSPS) is 16.4. The smallest absolute Gasteiger partial charge is 0.240 e. The molecule has 0 unspecified atom stereocenters. The van der Waals surface area contributed by atoms with E-state index in [-0.39, 0.29) is 0 Å².